The van der Waals surface area contributed by atoms with E-state index in [2.05, 4.69) is 31.2 Å². The van der Waals surface area contributed by atoms with Crippen LogP contribution >= 0.6 is 11.3 Å². The second-order valence-electron chi connectivity index (χ2n) is 11.8. The smallest absolute Gasteiger partial charge is 0.243 e. The molecule has 1 aliphatic heterocycles. The normalized spacial score (nSPS) is 22.5. The molecule has 1 saturated heterocycles. The number of nitrogens with zero attached hydrogens (tertiary/aromatic N) is 2. The average Bonchev–Trinajstić information content (AvgIpc) is 3.43. The summed E-state index contributed by atoms with van der Waals surface area (Å²) in [5.74, 6) is -2.08. The van der Waals surface area contributed by atoms with E-state index in [9.17, 15) is 24.0 Å². The van der Waals surface area contributed by atoms with Gasteiger partial charge in [0.25, 0.3) is 0 Å². The number of hydrogen-bond acceptors (Lipinski definition) is 10. The van der Waals surface area contributed by atoms with Crippen molar-refractivity contribution in [3.63, 3.8) is 0 Å². The van der Waals surface area contributed by atoms with E-state index in [1.165, 1.54) is 11.3 Å². The number of aliphatic imine (C=N–C) groups is 1. The minimum absolute atomic E-state index is 0.0685. The number of ketones is 1. The van der Waals surface area contributed by atoms with Crippen LogP contribution in [0.5, 0.6) is 0 Å². The van der Waals surface area contributed by atoms with E-state index in [0.717, 1.165) is 4.70 Å². The van der Waals surface area contributed by atoms with Crippen LogP contribution in [0.15, 0.2) is 29.3 Å². The Morgan fingerprint density at radius 2 is 1.98 bits per heavy atom. The number of nitrogens with two attached hydrogens (primary N) is 3. The predicted octanol–water partition coefficient (Wildman–Crippen LogP) is 0.0931. The number of aldehydes is 1. The first-order valence-electron chi connectivity index (χ1n) is 15.2. The molecule has 246 valence electrons. The number of guanidine groups is 1. The van der Waals surface area contributed by atoms with Gasteiger partial charge in [-0.25, -0.2) is 4.98 Å². The number of nitrogens with one attached hydrogen (secondary N) is 4. The van der Waals surface area contributed by atoms with Crippen LogP contribution in [-0.4, -0.2) is 84.0 Å². The lowest BCUT2D eigenvalue weighted by Gasteiger charge is -2.29. The molecule has 0 saturated carbocycles. The van der Waals surface area contributed by atoms with Crippen LogP contribution in [0.4, 0.5) is 0 Å². The maximum atomic E-state index is 13.7. The topological polar surface area (TPSA) is 237 Å². The fraction of sp³-hybridized carbons (Fsp3) is 0.567. The van der Waals surface area contributed by atoms with E-state index in [0.29, 0.717) is 50.5 Å². The van der Waals surface area contributed by atoms with Gasteiger partial charge in [0.05, 0.1) is 34.3 Å². The van der Waals surface area contributed by atoms with Crippen LogP contribution in [-0.2, 0) is 19.2 Å². The van der Waals surface area contributed by atoms with Crippen molar-refractivity contribution < 1.29 is 24.0 Å². The van der Waals surface area contributed by atoms with Crippen molar-refractivity contribution in [2.75, 3.05) is 19.6 Å². The summed E-state index contributed by atoms with van der Waals surface area (Å²) in [7, 11) is 0. The molecule has 1 aromatic heterocycles. The Kier molecular flexibility index (Phi) is 13.4. The lowest BCUT2D eigenvalue weighted by atomic mass is 9.93. The maximum absolute atomic E-state index is 13.7. The van der Waals surface area contributed by atoms with E-state index >= 15 is 0 Å². The number of carbonyl (C=O) groups excluding carboxylic acids is 5. The van der Waals surface area contributed by atoms with Gasteiger partial charge < -0.3 is 43.3 Å². The number of amides is 3. The highest BCUT2D eigenvalue weighted by Gasteiger charge is 2.33. The van der Waals surface area contributed by atoms with Crippen LogP contribution in [0.25, 0.3) is 10.2 Å². The summed E-state index contributed by atoms with van der Waals surface area (Å²) >= 11 is 1.21. The van der Waals surface area contributed by atoms with Crippen molar-refractivity contribution in [3.05, 3.63) is 29.3 Å². The van der Waals surface area contributed by atoms with Crippen LogP contribution in [0.2, 0.25) is 0 Å². The summed E-state index contributed by atoms with van der Waals surface area (Å²) in [6.07, 6.45) is 2.83. The van der Waals surface area contributed by atoms with E-state index in [4.69, 9.17) is 17.2 Å². The second-order valence-corrected chi connectivity index (χ2v) is 12.9. The standard InChI is InChI=1S/C30H45N9O5S/c1-18(2)14-21-26(43)38-22(15-24(41)34-12-6-5-11-30(33,17-40)16-36-21)27(44)37-20(9-7-13-35-29(31)32)25(42)28-39-19-8-3-4-10-23(19)45-28/h3-4,8,10,17-18,20-22,36H,5-7,9,11-16,33H2,1-2H3,(H,34,41)(H,37,44)(H,38,43)(H4,31,32,35)/t20-,21-,22-,30-/m0/s1. The number of rotatable bonds is 11. The molecule has 14 nitrogen and oxygen atoms in total. The Morgan fingerprint density at radius 1 is 1.22 bits per heavy atom. The minimum atomic E-state index is -1.28. The highest BCUT2D eigenvalue weighted by atomic mass is 32.1. The summed E-state index contributed by atoms with van der Waals surface area (Å²) < 4.78 is 0.821. The van der Waals surface area contributed by atoms with Crippen molar-refractivity contribution in [2.24, 2.45) is 28.1 Å². The Balaban J connectivity index is 1.86. The molecule has 45 heavy (non-hydrogen) atoms. The van der Waals surface area contributed by atoms with Crippen LogP contribution < -0.4 is 38.5 Å². The zero-order chi connectivity index (χ0) is 33.0. The quantitative estimate of drug-likeness (QED) is 0.0573. The van der Waals surface area contributed by atoms with Gasteiger partial charge in [0.2, 0.25) is 23.5 Å². The number of aromatic nitrogens is 1. The molecular weight excluding hydrogens is 598 g/mol. The van der Waals surface area contributed by atoms with Gasteiger partial charge in [0, 0.05) is 19.6 Å². The van der Waals surface area contributed by atoms with Crippen LogP contribution in [0.3, 0.4) is 0 Å². The Labute approximate surface area is 266 Å². The van der Waals surface area contributed by atoms with Gasteiger partial charge in [-0.15, -0.1) is 11.3 Å². The molecule has 3 amide bonds. The highest BCUT2D eigenvalue weighted by Crippen LogP contribution is 2.23. The minimum Gasteiger partial charge on any atom is -0.370 e. The molecule has 3 rings (SSSR count). The molecular formula is C30H45N9O5S. The Morgan fingerprint density at radius 3 is 2.67 bits per heavy atom. The summed E-state index contributed by atoms with van der Waals surface area (Å²) in [6.45, 7) is 4.49. The first kappa shape index (κ1) is 35.5. The predicted molar refractivity (Wildman–Crippen MR) is 173 cm³/mol. The number of Topliss-reactive ketones (excluding diaryl/α,β-unsaturated/α-hetero) is 1. The third-order valence-corrected chi connectivity index (χ3v) is 8.48. The van der Waals surface area contributed by atoms with Gasteiger partial charge in [-0.1, -0.05) is 26.0 Å². The molecule has 1 aliphatic rings. The molecule has 0 spiro atoms. The summed E-state index contributed by atoms with van der Waals surface area (Å²) in [5, 5.41) is 11.6. The van der Waals surface area contributed by atoms with Crippen molar-refractivity contribution >= 4 is 57.3 Å². The molecule has 1 fully saturated rings. The number of para-hydroxylation sites is 1. The molecule has 0 unspecified atom stereocenters. The SMILES string of the molecule is CC(C)C[C@@H]1NC[C@](N)(C=O)CCCCNC(=O)C[C@@H](C(=O)N[C@@H](CCCN=C(N)N)C(=O)c2nc3ccccc3s2)NC1=O. The number of hydrogen-bond donors (Lipinski definition) is 7. The van der Waals surface area contributed by atoms with Crippen LogP contribution in [0, 0.1) is 5.92 Å². The molecule has 2 heterocycles. The van der Waals surface area contributed by atoms with Crippen LogP contribution in [0.1, 0.15) is 68.6 Å². The lowest BCUT2D eigenvalue weighted by molar-refractivity contribution is -0.133. The lowest BCUT2D eigenvalue weighted by Crippen LogP contribution is -2.59. The fourth-order valence-electron chi connectivity index (χ4n) is 4.97. The summed E-state index contributed by atoms with van der Waals surface area (Å²) in [5.41, 5.74) is 16.6. The monoisotopic (exact) mass is 643 g/mol. The van der Waals surface area contributed by atoms with E-state index in [1.54, 1.807) is 6.07 Å². The van der Waals surface area contributed by atoms with Gasteiger partial charge in [-0.3, -0.25) is 24.2 Å². The number of benzene rings is 1. The highest BCUT2D eigenvalue weighted by molar-refractivity contribution is 7.20. The first-order chi connectivity index (χ1) is 21.4. The van der Waals surface area contributed by atoms with E-state index < -0.39 is 47.2 Å². The van der Waals surface area contributed by atoms with Gasteiger partial charge in [0.15, 0.2) is 11.0 Å². The fourth-order valence-corrected chi connectivity index (χ4v) is 5.93. The summed E-state index contributed by atoms with van der Waals surface area (Å²) in [4.78, 5) is 74.0. The zero-order valence-electron chi connectivity index (χ0n) is 25.8. The average molecular weight is 644 g/mol. The van der Waals surface area contributed by atoms with Gasteiger partial charge in [-0.2, -0.15) is 0 Å². The van der Waals surface area contributed by atoms with Gasteiger partial charge >= 0.3 is 0 Å². The van der Waals surface area contributed by atoms with Crippen molar-refractivity contribution in [1.82, 2.24) is 26.3 Å². The third kappa shape index (κ3) is 11.2. The number of carbonyl (C=O) groups is 5. The number of thiazole rings is 1. The largest absolute Gasteiger partial charge is 0.370 e. The molecule has 0 bridgehead atoms. The van der Waals surface area contributed by atoms with Crippen molar-refractivity contribution in [3.8, 4) is 0 Å². The summed E-state index contributed by atoms with van der Waals surface area (Å²) in [6, 6.07) is 4.23. The van der Waals surface area contributed by atoms with E-state index in [-0.39, 0.29) is 42.8 Å². The Bertz CT molecular complexity index is 1340. The molecule has 15 heteroatoms. The molecule has 0 radical (unpaired) electrons. The van der Waals surface area contributed by atoms with Gasteiger partial charge in [-0.05, 0) is 56.6 Å². The third-order valence-electron chi connectivity index (χ3n) is 7.43. The number of fused-ring (bicyclic) bond motifs is 1. The Hall–Kier alpha value is -3.95. The maximum Gasteiger partial charge on any atom is 0.243 e. The van der Waals surface area contributed by atoms with Crippen molar-refractivity contribution in [1.29, 1.82) is 0 Å². The first-order valence-corrected chi connectivity index (χ1v) is 16.0. The molecule has 4 atom stereocenters. The zero-order valence-corrected chi connectivity index (χ0v) is 26.7. The second kappa shape index (κ2) is 16.9. The van der Waals surface area contributed by atoms with E-state index in [1.807, 2.05) is 32.0 Å². The molecule has 10 N–H and O–H groups in total. The van der Waals surface area contributed by atoms with Crippen molar-refractivity contribution in [2.45, 2.75) is 82.5 Å². The molecule has 1 aromatic carbocycles. The molecule has 0 aliphatic carbocycles. The molecule has 2 aromatic rings. The van der Waals surface area contributed by atoms with Gasteiger partial charge in [0.1, 0.15) is 12.3 Å².